The largest absolute Gasteiger partial charge is 0.507 e. The van der Waals surface area contributed by atoms with Gasteiger partial charge in [-0.1, -0.05) is 6.92 Å². The van der Waals surface area contributed by atoms with Crippen molar-refractivity contribution in [2.75, 3.05) is 32.1 Å². The van der Waals surface area contributed by atoms with Gasteiger partial charge in [0.1, 0.15) is 23.0 Å². The number of halogens is 1. The van der Waals surface area contributed by atoms with E-state index < -0.39 is 5.82 Å². The third kappa shape index (κ3) is 3.69. The Morgan fingerprint density at radius 2 is 2.14 bits per heavy atom. The standard InChI is InChI=1S/C20H25FN6O2/c1-4-26-7-5-6-13(11-26)22-20-24-23-19(16-8-12(2)25-27(16)20)18-15(21)9-14(29-3)10-17(18)28/h8-10,13,28H,4-7,11H2,1-3H3,(H,22,24)/t13-/m1/s1. The highest BCUT2D eigenvalue weighted by molar-refractivity contribution is 5.82. The molecule has 0 spiro atoms. The Hall–Kier alpha value is -2.94. The van der Waals surface area contributed by atoms with Crippen molar-refractivity contribution in [2.24, 2.45) is 0 Å². The molecule has 2 aromatic heterocycles. The van der Waals surface area contributed by atoms with Gasteiger partial charge in [-0.3, -0.25) is 0 Å². The fourth-order valence-corrected chi connectivity index (χ4v) is 3.85. The van der Waals surface area contributed by atoms with Crippen LogP contribution in [0.3, 0.4) is 0 Å². The van der Waals surface area contributed by atoms with Gasteiger partial charge in [0, 0.05) is 24.7 Å². The van der Waals surface area contributed by atoms with Gasteiger partial charge in [-0.05, 0) is 38.9 Å². The van der Waals surface area contributed by atoms with E-state index in [0.717, 1.165) is 38.2 Å². The molecule has 1 atom stereocenters. The van der Waals surface area contributed by atoms with Crippen LogP contribution in [0.5, 0.6) is 11.5 Å². The van der Waals surface area contributed by atoms with Crippen molar-refractivity contribution in [1.29, 1.82) is 0 Å². The minimum Gasteiger partial charge on any atom is -0.507 e. The second-order valence-electron chi connectivity index (χ2n) is 7.34. The van der Waals surface area contributed by atoms with E-state index >= 15 is 0 Å². The van der Waals surface area contributed by atoms with Crippen LogP contribution in [0.4, 0.5) is 10.3 Å². The Kier molecular flexibility index (Phi) is 5.23. The Labute approximate surface area is 168 Å². The van der Waals surface area contributed by atoms with Crippen LogP contribution >= 0.6 is 0 Å². The average Bonchev–Trinajstić information content (AvgIpc) is 3.11. The lowest BCUT2D eigenvalue weighted by atomic mass is 10.1. The van der Waals surface area contributed by atoms with Crippen molar-refractivity contribution in [3.63, 3.8) is 0 Å². The van der Waals surface area contributed by atoms with Gasteiger partial charge >= 0.3 is 0 Å². The molecule has 154 valence electrons. The number of phenols is 1. The van der Waals surface area contributed by atoms with E-state index in [1.165, 1.54) is 19.2 Å². The molecule has 4 rings (SSSR count). The minimum atomic E-state index is -0.636. The number of hydrogen-bond donors (Lipinski definition) is 2. The molecule has 0 unspecified atom stereocenters. The Balaban J connectivity index is 1.75. The van der Waals surface area contributed by atoms with Crippen molar-refractivity contribution in [3.8, 4) is 22.8 Å². The molecule has 3 heterocycles. The molecule has 0 aliphatic carbocycles. The number of aromatic nitrogens is 4. The normalized spacial score (nSPS) is 17.6. The van der Waals surface area contributed by atoms with Crippen LogP contribution in [0.15, 0.2) is 18.2 Å². The summed E-state index contributed by atoms with van der Waals surface area (Å²) in [6.45, 7) is 7.04. The number of likely N-dealkylation sites (N-methyl/N-ethyl adjacent to an activating group) is 1. The Morgan fingerprint density at radius 1 is 1.31 bits per heavy atom. The number of phenolic OH excluding ortho intramolecular Hbond substituents is 1. The molecule has 0 amide bonds. The molecule has 0 bridgehead atoms. The van der Waals surface area contributed by atoms with Gasteiger partial charge in [-0.2, -0.15) is 9.61 Å². The van der Waals surface area contributed by atoms with Gasteiger partial charge in [0.25, 0.3) is 0 Å². The number of piperidine rings is 1. The van der Waals surface area contributed by atoms with Crippen molar-refractivity contribution in [3.05, 3.63) is 29.7 Å². The fraction of sp³-hybridized carbons (Fsp3) is 0.450. The topological polar surface area (TPSA) is 87.8 Å². The summed E-state index contributed by atoms with van der Waals surface area (Å²) in [6, 6.07) is 4.61. The molecule has 0 saturated carbocycles. The van der Waals surface area contributed by atoms with E-state index in [0.29, 0.717) is 11.5 Å². The molecule has 1 aliphatic rings. The highest BCUT2D eigenvalue weighted by Crippen LogP contribution is 2.36. The predicted molar refractivity (Wildman–Crippen MR) is 108 cm³/mol. The van der Waals surface area contributed by atoms with E-state index in [2.05, 4.69) is 32.4 Å². The fourth-order valence-electron chi connectivity index (χ4n) is 3.85. The number of fused-ring (bicyclic) bond motifs is 1. The SMILES string of the molecule is CCN1CCC[C@@H](Nc2nnc(-c3c(O)cc(OC)cc3F)c3cc(C)nn23)C1. The second kappa shape index (κ2) is 7.82. The number of ether oxygens (including phenoxy) is 1. The van der Waals surface area contributed by atoms with Crippen LogP contribution in [-0.4, -0.2) is 62.6 Å². The summed E-state index contributed by atoms with van der Waals surface area (Å²) in [4.78, 5) is 2.39. The molecular formula is C20H25FN6O2. The lowest BCUT2D eigenvalue weighted by Gasteiger charge is -2.32. The van der Waals surface area contributed by atoms with Gasteiger partial charge < -0.3 is 20.1 Å². The van der Waals surface area contributed by atoms with Crippen molar-refractivity contribution in [1.82, 2.24) is 24.7 Å². The Morgan fingerprint density at radius 3 is 2.86 bits per heavy atom. The van der Waals surface area contributed by atoms with Crippen LogP contribution in [0.2, 0.25) is 0 Å². The van der Waals surface area contributed by atoms with Crippen LogP contribution in [0.1, 0.15) is 25.5 Å². The van der Waals surface area contributed by atoms with E-state index in [4.69, 9.17) is 4.74 Å². The first-order chi connectivity index (χ1) is 14.0. The number of aromatic hydroxyl groups is 1. The number of aryl methyl sites for hydroxylation is 1. The maximum absolute atomic E-state index is 14.7. The summed E-state index contributed by atoms with van der Waals surface area (Å²) < 4.78 is 21.4. The highest BCUT2D eigenvalue weighted by Gasteiger charge is 2.23. The van der Waals surface area contributed by atoms with Crippen molar-refractivity contribution >= 4 is 11.5 Å². The minimum absolute atomic E-state index is 0.0235. The van der Waals surface area contributed by atoms with Crippen molar-refractivity contribution in [2.45, 2.75) is 32.7 Å². The maximum Gasteiger partial charge on any atom is 0.244 e. The molecule has 1 aromatic carbocycles. The molecule has 1 aliphatic heterocycles. The summed E-state index contributed by atoms with van der Waals surface area (Å²) in [5, 5.41) is 26.8. The predicted octanol–water partition coefficient (Wildman–Crippen LogP) is 2.85. The molecular weight excluding hydrogens is 375 g/mol. The molecule has 3 aromatic rings. The summed E-state index contributed by atoms with van der Waals surface area (Å²) in [7, 11) is 1.41. The van der Waals surface area contributed by atoms with Gasteiger partial charge in [0.15, 0.2) is 0 Å². The van der Waals surface area contributed by atoms with E-state index in [1.807, 2.05) is 6.92 Å². The summed E-state index contributed by atoms with van der Waals surface area (Å²) in [5.74, 6) is -0.159. The smallest absolute Gasteiger partial charge is 0.244 e. The van der Waals surface area contributed by atoms with Gasteiger partial charge in [0.05, 0.1) is 23.9 Å². The lowest BCUT2D eigenvalue weighted by Crippen LogP contribution is -2.42. The Bertz CT molecular complexity index is 1010. The third-order valence-electron chi connectivity index (χ3n) is 5.32. The zero-order valence-corrected chi connectivity index (χ0v) is 16.8. The first-order valence-corrected chi connectivity index (χ1v) is 9.79. The average molecular weight is 400 g/mol. The summed E-state index contributed by atoms with van der Waals surface area (Å²) in [6.07, 6.45) is 2.15. The number of benzene rings is 1. The number of likely N-dealkylation sites (tertiary alicyclic amines) is 1. The van der Waals surface area contributed by atoms with Crippen molar-refractivity contribution < 1.29 is 14.2 Å². The van der Waals surface area contributed by atoms with Gasteiger partial charge in [-0.15, -0.1) is 10.2 Å². The van der Waals surface area contributed by atoms with E-state index in [9.17, 15) is 9.50 Å². The van der Waals surface area contributed by atoms with E-state index in [-0.39, 0.29) is 28.8 Å². The molecule has 9 heteroatoms. The quantitative estimate of drug-likeness (QED) is 0.681. The van der Waals surface area contributed by atoms with Crippen LogP contribution in [-0.2, 0) is 0 Å². The number of rotatable bonds is 5. The third-order valence-corrected chi connectivity index (χ3v) is 5.32. The number of nitrogens with one attached hydrogen (secondary N) is 1. The summed E-state index contributed by atoms with van der Waals surface area (Å²) in [5.41, 5.74) is 1.52. The molecule has 0 radical (unpaired) electrons. The zero-order valence-electron chi connectivity index (χ0n) is 16.8. The molecule has 1 saturated heterocycles. The molecule has 8 nitrogen and oxygen atoms in total. The first-order valence-electron chi connectivity index (χ1n) is 9.79. The van der Waals surface area contributed by atoms with Gasteiger partial charge in [0.2, 0.25) is 5.95 Å². The lowest BCUT2D eigenvalue weighted by molar-refractivity contribution is 0.226. The number of nitrogens with zero attached hydrogens (tertiary/aromatic N) is 5. The van der Waals surface area contributed by atoms with Crippen LogP contribution in [0.25, 0.3) is 16.8 Å². The maximum atomic E-state index is 14.7. The molecule has 1 fully saturated rings. The number of anilines is 1. The van der Waals surface area contributed by atoms with Crippen LogP contribution < -0.4 is 10.1 Å². The molecule has 2 N–H and O–H groups in total. The first kappa shape index (κ1) is 19.4. The van der Waals surface area contributed by atoms with Crippen LogP contribution in [0, 0.1) is 12.7 Å². The zero-order chi connectivity index (χ0) is 20.5. The number of hydrogen-bond acceptors (Lipinski definition) is 7. The van der Waals surface area contributed by atoms with E-state index in [1.54, 1.807) is 10.6 Å². The second-order valence-corrected chi connectivity index (χ2v) is 7.34. The summed E-state index contributed by atoms with van der Waals surface area (Å²) >= 11 is 0. The highest BCUT2D eigenvalue weighted by atomic mass is 19.1. The monoisotopic (exact) mass is 400 g/mol. The van der Waals surface area contributed by atoms with Gasteiger partial charge in [-0.25, -0.2) is 4.39 Å². The molecule has 29 heavy (non-hydrogen) atoms. The number of methoxy groups -OCH3 is 1.